The lowest BCUT2D eigenvalue weighted by Crippen LogP contribution is -2.61. The largest absolute Gasteiger partial charge is 0.465 e. The molecule has 0 saturated carbocycles. The Hall–Kier alpha value is -2.23. The van der Waals surface area contributed by atoms with Crippen LogP contribution in [-0.4, -0.2) is 88.7 Å². The molecule has 0 atom stereocenters. The van der Waals surface area contributed by atoms with Crippen LogP contribution in [-0.2, 0) is 0 Å². The topological polar surface area (TPSA) is 81.1 Å². The molecule has 0 radical (unpaired) electrons. The van der Waals surface area contributed by atoms with Gasteiger partial charge in [0, 0.05) is 13.1 Å². The van der Waals surface area contributed by atoms with E-state index in [1.807, 2.05) is 0 Å². The van der Waals surface area contributed by atoms with Crippen molar-refractivity contribution in [2.75, 3.05) is 26.2 Å². The maximum absolute atomic E-state index is 13.6. The minimum Gasteiger partial charge on any atom is -0.465 e. The second-order valence-corrected chi connectivity index (χ2v) is 6.64. The van der Waals surface area contributed by atoms with Gasteiger partial charge in [0.1, 0.15) is 6.54 Å². The highest BCUT2D eigenvalue weighted by molar-refractivity contribution is 5.65. The van der Waals surface area contributed by atoms with Gasteiger partial charge in [-0.3, -0.25) is 4.90 Å². The van der Waals surface area contributed by atoms with Gasteiger partial charge in [-0.1, -0.05) is 12.8 Å². The number of amides is 2. The monoisotopic (exact) mass is 500 g/mol. The maximum Gasteiger partial charge on any atom is 0.407 e. The number of rotatable bonds is 13. The fraction of sp³-hybridized carbons (Fsp3) is 0.867. The zero-order valence-electron chi connectivity index (χ0n) is 16.0. The van der Waals surface area contributed by atoms with Crippen molar-refractivity contribution in [1.29, 1.82) is 0 Å². The van der Waals surface area contributed by atoms with Crippen molar-refractivity contribution in [2.24, 2.45) is 0 Å². The molecule has 0 heterocycles. The summed E-state index contributed by atoms with van der Waals surface area (Å²) in [4.78, 5) is 21.3. The SMILES string of the molecule is O=C(O)N(CCCCCCN(CC(F)(F)C(F)(F)C(F)(F)C(F)F)C(=O)O)CC(F)(F)F. The van der Waals surface area contributed by atoms with Crippen LogP contribution in [0.2, 0.25) is 0 Å². The summed E-state index contributed by atoms with van der Waals surface area (Å²) in [6, 6.07) is 0. The van der Waals surface area contributed by atoms with Crippen molar-refractivity contribution >= 4 is 12.2 Å². The Morgan fingerprint density at radius 2 is 1.06 bits per heavy atom. The molecule has 0 aliphatic carbocycles. The smallest absolute Gasteiger partial charge is 0.407 e. The molecular weight excluding hydrogens is 481 g/mol. The Morgan fingerprint density at radius 3 is 1.38 bits per heavy atom. The average molecular weight is 500 g/mol. The maximum atomic E-state index is 13.6. The second-order valence-electron chi connectivity index (χ2n) is 6.64. The van der Waals surface area contributed by atoms with Crippen LogP contribution in [0, 0.1) is 0 Å². The van der Waals surface area contributed by atoms with Gasteiger partial charge in [0.2, 0.25) is 0 Å². The van der Waals surface area contributed by atoms with E-state index in [0.29, 0.717) is 0 Å². The number of halogens is 11. The highest BCUT2D eigenvalue weighted by atomic mass is 19.4. The lowest BCUT2D eigenvalue weighted by atomic mass is 10.0. The summed E-state index contributed by atoms with van der Waals surface area (Å²) in [6.45, 7) is -5.74. The first-order valence-corrected chi connectivity index (χ1v) is 8.70. The third-order valence-electron chi connectivity index (χ3n) is 4.06. The van der Waals surface area contributed by atoms with E-state index in [9.17, 15) is 57.9 Å². The summed E-state index contributed by atoms with van der Waals surface area (Å²) in [5.41, 5.74) is 0. The van der Waals surface area contributed by atoms with Crippen LogP contribution in [0.3, 0.4) is 0 Å². The summed E-state index contributed by atoms with van der Waals surface area (Å²) in [6.07, 6.45) is -14.6. The van der Waals surface area contributed by atoms with Crippen molar-refractivity contribution in [1.82, 2.24) is 9.80 Å². The number of hydrogen-bond donors (Lipinski definition) is 2. The predicted octanol–water partition coefficient (Wildman–Crippen LogP) is 5.24. The number of alkyl halides is 11. The Balaban J connectivity index is 4.79. The first kappa shape index (κ1) is 29.8. The third-order valence-corrected chi connectivity index (χ3v) is 4.06. The number of carbonyl (C=O) groups is 2. The van der Waals surface area contributed by atoms with Gasteiger partial charge in [-0.05, 0) is 12.8 Å². The summed E-state index contributed by atoms with van der Waals surface area (Å²) in [5, 5.41) is 17.5. The molecule has 6 nitrogen and oxygen atoms in total. The molecule has 0 aliphatic heterocycles. The molecule has 32 heavy (non-hydrogen) atoms. The Morgan fingerprint density at radius 1 is 0.688 bits per heavy atom. The number of nitrogens with zero attached hydrogens (tertiary/aromatic N) is 2. The van der Waals surface area contributed by atoms with Crippen LogP contribution in [0.4, 0.5) is 57.9 Å². The standard InChI is InChI=1S/C15H19F11N2O4/c16-9(17)14(23,24)15(25,26)12(18,19)7-27(10(29)30)5-3-1-2-4-6-28(11(31)32)8-13(20,21)22/h9H,1-8H2,(H,29,30)(H,31,32). The molecule has 0 saturated heterocycles. The fourth-order valence-electron chi connectivity index (χ4n) is 2.38. The van der Waals surface area contributed by atoms with Gasteiger partial charge in [-0.15, -0.1) is 0 Å². The minimum absolute atomic E-state index is 0.0227. The van der Waals surface area contributed by atoms with Crippen LogP contribution in [0.1, 0.15) is 25.7 Å². The summed E-state index contributed by atoms with van der Waals surface area (Å²) in [5.74, 6) is -18.9. The van der Waals surface area contributed by atoms with E-state index in [1.54, 1.807) is 0 Å². The first-order chi connectivity index (χ1) is 14.3. The summed E-state index contributed by atoms with van der Waals surface area (Å²) in [7, 11) is 0. The van der Waals surface area contributed by atoms with Crippen molar-refractivity contribution in [3.8, 4) is 0 Å². The second kappa shape index (κ2) is 11.1. The summed E-state index contributed by atoms with van der Waals surface area (Å²) < 4.78 is 140. The normalized spacial score (nSPS) is 13.4. The Labute approximate surface area is 173 Å². The van der Waals surface area contributed by atoms with E-state index in [4.69, 9.17) is 10.2 Å². The van der Waals surface area contributed by atoms with Crippen LogP contribution < -0.4 is 0 Å². The lowest BCUT2D eigenvalue weighted by molar-refractivity contribution is -0.339. The zero-order chi connectivity index (χ0) is 25.5. The van der Waals surface area contributed by atoms with Crippen LogP contribution in [0.25, 0.3) is 0 Å². The first-order valence-electron chi connectivity index (χ1n) is 8.70. The molecule has 0 aromatic heterocycles. The minimum atomic E-state index is -6.57. The molecule has 0 rings (SSSR count). The van der Waals surface area contributed by atoms with Crippen LogP contribution >= 0.6 is 0 Å². The van der Waals surface area contributed by atoms with Gasteiger partial charge >= 0.3 is 42.6 Å². The molecule has 0 aliphatic rings. The van der Waals surface area contributed by atoms with E-state index in [0.717, 1.165) is 0 Å². The molecule has 0 spiro atoms. The van der Waals surface area contributed by atoms with Crippen molar-refractivity contribution in [2.45, 2.75) is 56.1 Å². The molecule has 2 amide bonds. The third kappa shape index (κ3) is 8.37. The predicted molar refractivity (Wildman–Crippen MR) is 84.6 cm³/mol. The molecule has 0 bridgehead atoms. The van der Waals surface area contributed by atoms with Gasteiger partial charge in [-0.2, -0.15) is 39.5 Å². The molecule has 17 heteroatoms. The molecule has 2 N–H and O–H groups in total. The number of unbranched alkanes of at least 4 members (excludes halogenated alkanes) is 3. The van der Waals surface area contributed by atoms with E-state index in [2.05, 4.69) is 0 Å². The fourth-order valence-corrected chi connectivity index (χ4v) is 2.38. The molecule has 0 aromatic rings. The Bertz CT molecular complexity index is 629. The molecule has 190 valence electrons. The van der Waals surface area contributed by atoms with Crippen molar-refractivity contribution in [3.63, 3.8) is 0 Å². The molecular formula is C15H19F11N2O4. The van der Waals surface area contributed by atoms with E-state index in [1.165, 1.54) is 0 Å². The number of carboxylic acid groups (broad SMARTS) is 2. The molecule has 0 fully saturated rings. The van der Waals surface area contributed by atoms with E-state index < -0.39 is 68.7 Å². The lowest BCUT2D eigenvalue weighted by Gasteiger charge is -2.34. The van der Waals surface area contributed by atoms with E-state index in [-0.39, 0.29) is 35.5 Å². The summed E-state index contributed by atoms with van der Waals surface area (Å²) >= 11 is 0. The van der Waals surface area contributed by atoms with Crippen LogP contribution in [0.5, 0.6) is 0 Å². The van der Waals surface area contributed by atoms with Gasteiger partial charge in [0.15, 0.2) is 0 Å². The average Bonchev–Trinajstić information content (AvgIpc) is 2.60. The van der Waals surface area contributed by atoms with Crippen molar-refractivity contribution < 1.29 is 68.1 Å². The highest BCUT2D eigenvalue weighted by Crippen LogP contribution is 2.48. The Kier molecular flexibility index (Phi) is 10.3. The van der Waals surface area contributed by atoms with Gasteiger partial charge < -0.3 is 15.1 Å². The van der Waals surface area contributed by atoms with E-state index >= 15 is 0 Å². The zero-order valence-corrected chi connectivity index (χ0v) is 16.0. The van der Waals surface area contributed by atoms with Gasteiger partial charge in [0.05, 0.1) is 6.54 Å². The molecule has 0 aromatic carbocycles. The number of hydrogen-bond acceptors (Lipinski definition) is 2. The molecule has 0 unspecified atom stereocenters. The quantitative estimate of drug-likeness (QED) is 0.268. The van der Waals surface area contributed by atoms with Crippen molar-refractivity contribution in [3.05, 3.63) is 0 Å². The van der Waals surface area contributed by atoms with Gasteiger partial charge in [-0.25, -0.2) is 18.4 Å². The van der Waals surface area contributed by atoms with Gasteiger partial charge in [0.25, 0.3) is 0 Å². The van der Waals surface area contributed by atoms with Crippen LogP contribution in [0.15, 0.2) is 0 Å². The highest BCUT2D eigenvalue weighted by Gasteiger charge is 2.75.